The van der Waals surface area contributed by atoms with Gasteiger partial charge in [-0.05, 0) is 16.7 Å². The number of aryl methyl sites for hydroxylation is 1. The van der Waals surface area contributed by atoms with E-state index in [-0.39, 0.29) is 17.7 Å². The summed E-state index contributed by atoms with van der Waals surface area (Å²) in [7, 11) is 1.93. The van der Waals surface area contributed by atoms with Gasteiger partial charge in [-0.3, -0.25) is 9.48 Å². The standard InChI is InChI=1S/C17H21N3O/c1-12(2)17(21)20-10-13-6-4-5-7-15(13)16(11-20)14-8-18-19(3)9-14/h4-9,12,16H,10-11H2,1-3H3. The summed E-state index contributed by atoms with van der Waals surface area (Å²) < 4.78 is 1.82. The summed E-state index contributed by atoms with van der Waals surface area (Å²) in [5.74, 6) is 0.467. The molecule has 110 valence electrons. The highest BCUT2D eigenvalue weighted by Crippen LogP contribution is 2.33. The first kappa shape index (κ1) is 13.9. The maximum absolute atomic E-state index is 12.4. The third-order valence-corrected chi connectivity index (χ3v) is 4.13. The van der Waals surface area contributed by atoms with Gasteiger partial charge in [-0.15, -0.1) is 0 Å². The van der Waals surface area contributed by atoms with E-state index in [1.54, 1.807) is 0 Å². The number of fused-ring (bicyclic) bond motifs is 1. The van der Waals surface area contributed by atoms with Gasteiger partial charge in [0.2, 0.25) is 5.91 Å². The molecular weight excluding hydrogens is 262 g/mol. The molecule has 21 heavy (non-hydrogen) atoms. The number of amides is 1. The van der Waals surface area contributed by atoms with Crippen LogP contribution < -0.4 is 0 Å². The van der Waals surface area contributed by atoms with Crippen LogP contribution in [0.4, 0.5) is 0 Å². The number of nitrogens with zero attached hydrogens (tertiary/aromatic N) is 3. The highest BCUT2D eigenvalue weighted by atomic mass is 16.2. The summed E-state index contributed by atoms with van der Waals surface area (Å²) in [6, 6.07) is 8.41. The molecule has 0 bridgehead atoms. The van der Waals surface area contributed by atoms with Crippen molar-refractivity contribution in [2.75, 3.05) is 6.54 Å². The number of hydrogen-bond donors (Lipinski definition) is 0. The van der Waals surface area contributed by atoms with Crippen LogP contribution in [0.25, 0.3) is 0 Å². The Hall–Kier alpha value is -2.10. The fourth-order valence-corrected chi connectivity index (χ4v) is 3.05. The van der Waals surface area contributed by atoms with Gasteiger partial charge in [0.25, 0.3) is 0 Å². The summed E-state index contributed by atoms with van der Waals surface area (Å²) in [6.45, 7) is 5.37. The number of carbonyl (C=O) groups excluding carboxylic acids is 1. The molecule has 0 aliphatic carbocycles. The van der Waals surface area contributed by atoms with E-state index < -0.39 is 0 Å². The average molecular weight is 283 g/mol. The van der Waals surface area contributed by atoms with Crippen molar-refractivity contribution in [2.24, 2.45) is 13.0 Å². The van der Waals surface area contributed by atoms with Gasteiger partial charge in [0, 0.05) is 38.2 Å². The van der Waals surface area contributed by atoms with Gasteiger partial charge in [0.05, 0.1) is 6.20 Å². The topological polar surface area (TPSA) is 38.1 Å². The van der Waals surface area contributed by atoms with E-state index in [0.29, 0.717) is 6.54 Å². The minimum atomic E-state index is 0.0322. The maximum Gasteiger partial charge on any atom is 0.225 e. The third-order valence-electron chi connectivity index (χ3n) is 4.13. The first-order valence-electron chi connectivity index (χ1n) is 7.41. The molecule has 1 aromatic carbocycles. The molecule has 1 aromatic heterocycles. The van der Waals surface area contributed by atoms with Crippen LogP contribution in [-0.2, 0) is 18.4 Å². The predicted octanol–water partition coefficient (Wildman–Crippen LogP) is 2.55. The van der Waals surface area contributed by atoms with Crippen LogP contribution in [0.15, 0.2) is 36.7 Å². The lowest BCUT2D eigenvalue weighted by molar-refractivity contribution is -0.135. The van der Waals surface area contributed by atoms with Crippen LogP contribution in [0.2, 0.25) is 0 Å². The molecule has 4 nitrogen and oxygen atoms in total. The predicted molar refractivity (Wildman–Crippen MR) is 81.7 cm³/mol. The monoisotopic (exact) mass is 283 g/mol. The van der Waals surface area contributed by atoms with Crippen LogP contribution in [-0.4, -0.2) is 27.1 Å². The number of rotatable bonds is 2. The second-order valence-electron chi connectivity index (χ2n) is 6.07. The molecule has 4 heteroatoms. The summed E-state index contributed by atoms with van der Waals surface area (Å²) in [5, 5.41) is 4.28. The Morgan fingerprint density at radius 3 is 2.76 bits per heavy atom. The van der Waals surface area contributed by atoms with Gasteiger partial charge in [-0.1, -0.05) is 38.1 Å². The molecule has 0 saturated carbocycles. The highest BCUT2D eigenvalue weighted by Gasteiger charge is 2.30. The van der Waals surface area contributed by atoms with Gasteiger partial charge < -0.3 is 4.90 Å². The van der Waals surface area contributed by atoms with Gasteiger partial charge in [-0.2, -0.15) is 5.10 Å². The average Bonchev–Trinajstić information content (AvgIpc) is 2.91. The zero-order valence-electron chi connectivity index (χ0n) is 12.8. The third kappa shape index (κ3) is 2.58. The Labute approximate surface area is 125 Å². The molecule has 2 aromatic rings. The van der Waals surface area contributed by atoms with Crippen LogP contribution in [0.3, 0.4) is 0 Å². The van der Waals surface area contributed by atoms with Gasteiger partial charge >= 0.3 is 0 Å². The van der Waals surface area contributed by atoms with Crippen molar-refractivity contribution in [1.29, 1.82) is 0 Å². The van der Waals surface area contributed by atoms with Gasteiger partial charge in [0.1, 0.15) is 0 Å². The molecule has 1 unspecified atom stereocenters. The van der Waals surface area contributed by atoms with E-state index in [9.17, 15) is 4.79 Å². The largest absolute Gasteiger partial charge is 0.337 e. The van der Waals surface area contributed by atoms with E-state index >= 15 is 0 Å². The quantitative estimate of drug-likeness (QED) is 0.849. The van der Waals surface area contributed by atoms with Crippen molar-refractivity contribution in [3.8, 4) is 0 Å². The Balaban J connectivity index is 2.00. The first-order valence-corrected chi connectivity index (χ1v) is 7.41. The molecule has 1 atom stereocenters. The number of carbonyl (C=O) groups is 1. The van der Waals surface area contributed by atoms with E-state index in [0.717, 1.165) is 6.54 Å². The second-order valence-corrected chi connectivity index (χ2v) is 6.07. The fourth-order valence-electron chi connectivity index (χ4n) is 3.05. The molecular formula is C17H21N3O. The normalized spacial score (nSPS) is 17.9. The first-order chi connectivity index (χ1) is 10.1. The van der Waals surface area contributed by atoms with Crippen molar-refractivity contribution in [3.63, 3.8) is 0 Å². The molecule has 1 amide bonds. The summed E-state index contributed by atoms with van der Waals surface area (Å²) in [6.07, 6.45) is 3.95. The molecule has 0 fully saturated rings. The van der Waals surface area contributed by atoms with Crippen molar-refractivity contribution >= 4 is 5.91 Å². The lowest BCUT2D eigenvalue weighted by Crippen LogP contribution is -2.40. The Morgan fingerprint density at radius 2 is 2.10 bits per heavy atom. The fraction of sp³-hybridized carbons (Fsp3) is 0.412. The van der Waals surface area contributed by atoms with E-state index in [1.165, 1.54) is 16.7 Å². The lowest BCUT2D eigenvalue weighted by Gasteiger charge is -2.35. The van der Waals surface area contributed by atoms with Crippen LogP contribution in [0.5, 0.6) is 0 Å². The zero-order valence-corrected chi connectivity index (χ0v) is 12.8. The van der Waals surface area contributed by atoms with Crippen molar-refractivity contribution in [3.05, 3.63) is 53.3 Å². The van der Waals surface area contributed by atoms with Crippen molar-refractivity contribution in [1.82, 2.24) is 14.7 Å². The molecule has 1 aliphatic heterocycles. The Morgan fingerprint density at radius 1 is 1.33 bits per heavy atom. The number of hydrogen-bond acceptors (Lipinski definition) is 2. The SMILES string of the molecule is CC(C)C(=O)N1Cc2ccccc2C(c2cnn(C)c2)C1. The maximum atomic E-state index is 12.4. The number of benzene rings is 1. The van der Waals surface area contributed by atoms with E-state index in [4.69, 9.17) is 0 Å². The minimum Gasteiger partial charge on any atom is -0.337 e. The molecule has 0 radical (unpaired) electrons. The van der Waals surface area contributed by atoms with Crippen LogP contribution in [0, 0.1) is 5.92 Å². The molecule has 0 N–H and O–H groups in total. The Bertz CT molecular complexity index is 660. The summed E-state index contributed by atoms with van der Waals surface area (Å²) in [4.78, 5) is 14.4. The Kier molecular flexibility index (Phi) is 3.53. The lowest BCUT2D eigenvalue weighted by atomic mass is 9.85. The molecule has 0 spiro atoms. The summed E-state index contributed by atoms with van der Waals surface area (Å²) in [5.41, 5.74) is 3.73. The summed E-state index contributed by atoms with van der Waals surface area (Å²) >= 11 is 0. The van der Waals surface area contributed by atoms with E-state index in [1.807, 2.05) is 48.9 Å². The highest BCUT2D eigenvalue weighted by molar-refractivity contribution is 5.78. The number of aromatic nitrogens is 2. The molecule has 2 heterocycles. The molecule has 3 rings (SSSR count). The van der Waals surface area contributed by atoms with Gasteiger partial charge in [-0.25, -0.2) is 0 Å². The van der Waals surface area contributed by atoms with E-state index in [2.05, 4.69) is 23.3 Å². The van der Waals surface area contributed by atoms with Crippen LogP contribution >= 0.6 is 0 Å². The minimum absolute atomic E-state index is 0.0322. The molecule has 1 aliphatic rings. The van der Waals surface area contributed by atoms with Crippen molar-refractivity contribution in [2.45, 2.75) is 26.3 Å². The smallest absolute Gasteiger partial charge is 0.225 e. The molecule has 0 saturated heterocycles. The van der Waals surface area contributed by atoms with Crippen molar-refractivity contribution < 1.29 is 4.79 Å². The van der Waals surface area contributed by atoms with Gasteiger partial charge in [0.15, 0.2) is 0 Å². The zero-order chi connectivity index (χ0) is 15.0. The second kappa shape index (κ2) is 5.35. The van der Waals surface area contributed by atoms with Crippen LogP contribution in [0.1, 0.15) is 36.5 Å².